The summed E-state index contributed by atoms with van der Waals surface area (Å²) in [6.07, 6.45) is 5.72. The summed E-state index contributed by atoms with van der Waals surface area (Å²) < 4.78 is 28.3. The summed E-state index contributed by atoms with van der Waals surface area (Å²) in [6, 6.07) is 7.82. The van der Waals surface area contributed by atoms with E-state index in [1.54, 1.807) is 24.3 Å². The molecule has 0 fully saturated rings. The van der Waals surface area contributed by atoms with Crippen LogP contribution in [-0.2, 0) is 34.1 Å². The minimum atomic E-state index is -3.66. The Kier molecular flexibility index (Phi) is 6.81. The number of carbonyl (C=O) groups is 1. The second-order valence-corrected chi connectivity index (χ2v) is 9.46. The zero-order valence-corrected chi connectivity index (χ0v) is 18.1. The van der Waals surface area contributed by atoms with E-state index in [-0.39, 0.29) is 17.4 Å². The first-order valence-corrected chi connectivity index (χ1v) is 11.5. The van der Waals surface area contributed by atoms with Gasteiger partial charge in [0.05, 0.1) is 4.90 Å². The van der Waals surface area contributed by atoms with Crippen LogP contribution in [-0.4, -0.2) is 25.5 Å². The molecule has 0 radical (unpaired) electrons. The van der Waals surface area contributed by atoms with Crippen LogP contribution in [0.4, 0.5) is 0 Å². The average Bonchev–Trinajstić information content (AvgIpc) is 2.70. The molecule has 1 unspecified atom stereocenters. The van der Waals surface area contributed by atoms with Gasteiger partial charge in [-0.25, -0.2) is 13.1 Å². The fourth-order valence-corrected chi connectivity index (χ4v) is 5.39. The predicted molar refractivity (Wildman–Crippen MR) is 120 cm³/mol. The molecule has 0 aliphatic heterocycles. The molecular weight excluding hydrogens is 422 g/mol. The summed E-state index contributed by atoms with van der Waals surface area (Å²) in [4.78, 5) is 11.3. The van der Waals surface area contributed by atoms with Crippen molar-refractivity contribution in [3.63, 3.8) is 0 Å². The Bertz CT molecular complexity index is 1090. The molecule has 2 aromatic carbocycles. The molecule has 0 saturated heterocycles. The van der Waals surface area contributed by atoms with Crippen LogP contribution >= 0.6 is 11.6 Å². The molecule has 0 aromatic heterocycles. The zero-order valence-electron chi connectivity index (χ0n) is 16.5. The molecule has 0 saturated carbocycles. The molecule has 1 aliphatic rings. The fourth-order valence-electron chi connectivity index (χ4n) is 3.99. The van der Waals surface area contributed by atoms with Crippen LogP contribution in [0.5, 0.6) is 0 Å². The Labute approximate surface area is 182 Å². The van der Waals surface area contributed by atoms with E-state index in [0.29, 0.717) is 30.7 Å². The van der Waals surface area contributed by atoms with Crippen molar-refractivity contribution in [3.8, 4) is 0 Å². The summed E-state index contributed by atoms with van der Waals surface area (Å²) >= 11 is 5.86. The smallest absolute Gasteiger partial charge is 0.303 e. The quantitative estimate of drug-likeness (QED) is 0.627. The van der Waals surface area contributed by atoms with Crippen molar-refractivity contribution >= 4 is 39.7 Å². The molecule has 0 spiro atoms. The lowest BCUT2D eigenvalue weighted by Crippen LogP contribution is -2.39. The topological polar surface area (TPSA) is 83.5 Å². The van der Waals surface area contributed by atoms with Gasteiger partial charge in [0, 0.05) is 17.5 Å². The van der Waals surface area contributed by atoms with Crippen molar-refractivity contribution < 1.29 is 18.3 Å². The summed E-state index contributed by atoms with van der Waals surface area (Å²) in [7, 11) is -3.66. The summed E-state index contributed by atoms with van der Waals surface area (Å²) in [5.74, 6) is -0.854. The van der Waals surface area contributed by atoms with E-state index >= 15 is 0 Å². The highest BCUT2D eigenvalue weighted by Crippen LogP contribution is 2.32. The van der Waals surface area contributed by atoms with Crippen LogP contribution in [0.15, 0.2) is 48.4 Å². The number of halogens is 1. The van der Waals surface area contributed by atoms with Gasteiger partial charge in [0.15, 0.2) is 0 Å². The number of fused-ring (bicyclic) bond motifs is 1. The van der Waals surface area contributed by atoms with Gasteiger partial charge in [-0.05, 0) is 77.8 Å². The van der Waals surface area contributed by atoms with Gasteiger partial charge >= 0.3 is 5.97 Å². The number of rotatable bonds is 8. The van der Waals surface area contributed by atoms with Crippen LogP contribution in [0.3, 0.4) is 0 Å². The summed E-state index contributed by atoms with van der Waals surface area (Å²) in [6.45, 7) is 7.75. The molecule has 7 heteroatoms. The van der Waals surface area contributed by atoms with Gasteiger partial charge in [-0.2, -0.15) is 0 Å². The zero-order chi connectivity index (χ0) is 21.9. The van der Waals surface area contributed by atoms with Crippen molar-refractivity contribution in [2.24, 2.45) is 0 Å². The summed E-state index contributed by atoms with van der Waals surface area (Å²) in [5.41, 5.74) is 4.87. The van der Waals surface area contributed by atoms with E-state index in [4.69, 9.17) is 16.7 Å². The molecule has 30 heavy (non-hydrogen) atoms. The second kappa shape index (κ2) is 9.16. The SMILES string of the molecule is C=Cc1cc2c(c(CCC(=O)O)c1C=C)CCC(NS(=O)(=O)c1ccc(Cl)cc1)C2. The third kappa shape index (κ3) is 4.83. The number of carboxylic acids is 1. The highest BCUT2D eigenvalue weighted by molar-refractivity contribution is 7.89. The predicted octanol–water partition coefficient (Wildman–Crippen LogP) is 4.48. The lowest BCUT2D eigenvalue weighted by atomic mass is 9.80. The monoisotopic (exact) mass is 445 g/mol. The average molecular weight is 446 g/mol. The number of benzene rings is 2. The van der Waals surface area contributed by atoms with Crippen molar-refractivity contribution in [1.29, 1.82) is 0 Å². The highest BCUT2D eigenvalue weighted by atomic mass is 35.5. The van der Waals surface area contributed by atoms with Crippen LogP contribution in [0.2, 0.25) is 5.02 Å². The van der Waals surface area contributed by atoms with E-state index in [9.17, 15) is 13.2 Å². The molecule has 0 heterocycles. The molecule has 0 bridgehead atoms. The van der Waals surface area contributed by atoms with Gasteiger partial charge < -0.3 is 5.11 Å². The Morgan fingerprint density at radius 1 is 1.23 bits per heavy atom. The third-order valence-electron chi connectivity index (χ3n) is 5.39. The highest BCUT2D eigenvalue weighted by Gasteiger charge is 2.27. The molecule has 1 atom stereocenters. The van der Waals surface area contributed by atoms with Gasteiger partial charge in [0.1, 0.15) is 0 Å². The Morgan fingerprint density at radius 2 is 1.93 bits per heavy atom. The number of hydrogen-bond donors (Lipinski definition) is 2. The minimum absolute atomic E-state index is 0.0283. The van der Waals surface area contributed by atoms with Gasteiger partial charge in [0.2, 0.25) is 10.0 Å². The Morgan fingerprint density at radius 3 is 2.53 bits per heavy atom. The van der Waals surface area contributed by atoms with Crippen LogP contribution in [0, 0.1) is 0 Å². The maximum Gasteiger partial charge on any atom is 0.303 e. The number of aliphatic carboxylic acids is 1. The molecule has 158 valence electrons. The lowest BCUT2D eigenvalue weighted by molar-refractivity contribution is -0.136. The lowest BCUT2D eigenvalue weighted by Gasteiger charge is -2.29. The molecular formula is C23H24ClNO4S. The molecule has 2 aromatic rings. The van der Waals surface area contributed by atoms with Gasteiger partial charge in [-0.15, -0.1) is 0 Å². The number of sulfonamides is 1. The number of carboxylic acid groups (broad SMARTS) is 1. The first-order valence-electron chi connectivity index (χ1n) is 9.67. The van der Waals surface area contributed by atoms with E-state index in [0.717, 1.165) is 27.8 Å². The van der Waals surface area contributed by atoms with Crippen molar-refractivity contribution in [1.82, 2.24) is 4.72 Å². The molecule has 1 aliphatic carbocycles. The van der Waals surface area contributed by atoms with E-state index in [1.807, 2.05) is 6.07 Å². The van der Waals surface area contributed by atoms with Crippen LogP contribution in [0.25, 0.3) is 12.2 Å². The van der Waals surface area contributed by atoms with Crippen LogP contribution in [0.1, 0.15) is 40.7 Å². The Balaban J connectivity index is 1.90. The maximum absolute atomic E-state index is 12.7. The molecule has 3 rings (SSSR count). The van der Waals surface area contributed by atoms with Crippen molar-refractivity contribution in [3.05, 3.63) is 76.3 Å². The van der Waals surface area contributed by atoms with Gasteiger partial charge in [-0.3, -0.25) is 4.79 Å². The fraction of sp³-hybridized carbons (Fsp3) is 0.261. The largest absolute Gasteiger partial charge is 0.481 e. The normalized spacial score (nSPS) is 16.0. The van der Waals surface area contributed by atoms with E-state index in [2.05, 4.69) is 17.9 Å². The summed E-state index contributed by atoms with van der Waals surface area (Å²) in [5, 5.41) is 9.61. The molecule has 2 N–H and O–H groups in total. The number of nitrogens with one attached hydrogen (secondary N) is 1. The van der Waals surface area contributed by atoms with E-state index in [1.165, 1.54) is 12.1 Å². The Hall–Kier alpha value is -2.41. The first kappa shape index (κ1) is 22.3. The third-order valence-corrected chi connectivity index (χ3v) is 7.17. The molecule has 0 amide bonds. The standard InChI is InChI=1S/C23H24ClNO4S/c1-3-15-13-16-14-18(25-30(28,29)19-8-5-17(24)6-9-19)7-10-21(16)22(20(15)4-2)11-12-23(26)27/h3-6,8-9,13,18,25H,1-2,7,10-12,14H2,(H,26,27). The minimum Gasteiger partial charge on any atom is -0.481 e. The van der Waals surface area contributed by atoms with Crippen LogP contribution < -0.4 is 4.72 Å². The second-order valence-electron chi connectivity index (χ2n) is 7.31. The number of hydrogen-bond acceptors (Lipinski definition) is 3. The van der Waals surface area contributed by atoms with Gasteiger partial charge in [-0.1, -0.05) is 43.0 Å². The maximum atomic E-state index is 12.7. The molecule has 5 nitrogen and oxygen atoms in total. The first-order chi connectivity index (χ1) is 14.2. The van der Waals surface area contributed by atoms with Crippen molar-refractivity contribution in [2.75, 3.05) is 0 Å². The van der Waals surface area contributed by atoms with Gasteiger partial charge in [0.25, 0.3) is 0 Å². The van der Waals surface area contributed by atoms with Crippen molar-refractivity contribution in [2.45, 2.75) is 43.0 Å². The van der Waals surface area contributed by atoms with E-state index < -0.39 is 16.0 Å².